The third-order valence-corrected chi connectivity index (χ3v) is 2.18. The highest BCUT2D eigenvalue weighted by Crippen LogP contribution is 2.12. The lowest BCUT2D eigenvalue weighted by molar-refractivity contribution is -0.0477. The molecule has 0 amide bonds. The smallest absolute Gasteiger partial charge is 0.282 e. The minimum absolute atomic E-state index is 0.146. The van der Waals surface area contributed by atoms with Crippen LogP contribution in [0.2, 0.25) is 0 Å². The number of benzene rings is 1. The van der Waals surface area contributed by atoms with Crippen LogP contribution in [0, 0.1) is 12.7 Å². The van der Waals surface area contributed by atoms with Crippen molar-refractivity contribution in [3.05, 3.63) is 35.1 Å². The van der Waals surface area contributed by atoms with Gasteiger partial charge in [-0.15, -0.1) is 0 Å². The summed E-state index contributed by atoms with van der Waals surface area (Å²) < 4.78 is 38.3. The van der Waals surface area contributed by atoms with E-state index >= 15 is 0 Å². The highest BCUT2D eigenvalue weighted by molar-refractivity contribution is 5.23. The van der Waals surface area contributed by atoms with E-state index in [0.29, 0.717) is 11.1 Å². The molecule has 0 aliphatic heterocycles. The van der Waals surface area contributed by atoms with Crippen molar-refractivity contribution in [2.75, 3.05) is 13.2 Å². The summed E-state index contributed by atoms with van der Waals surface area (Å²) in [6.07, 6.45) is 0. The first kappa shape index (κ1) is 13.0. The van der Waals surface area contributed by atoms with Crippen molar-refractivity contribution in [2.45, 2.75) is 19.4 Å². The van der Waals surface area contributed by atoms with Crippen LogP contribution in [0.3, 0.4) is 0 Å². The van der Waals surface area contributed by atoms with Crippen LogP contribution in [-0.2, 0) is 6.54 Å². The van der Waals surface area contributed by atoms with Gasteiger partial charge >= 0.3 is 0 Å². The molecule has 0 radical (unpaired) electrons. The minimum Gasteiger partial charge on any atom is -0.390 e. The molecule has 2 N–H and O–H groups in total. The van der Waals surface area contributed by atoms with Gasteiger partial charge in [0.25, 0.3) is 5.92 Å². The first-order chi connectivity index (χ1) is 7.44. The number of aryl methyl sites for hydroxylation is 1. The Labute approximate surface area is 92.1 Å². The van der Waals surface area contributed by atoms with E-state index in [1.165, 1.54) is 6.07 Å². The van der Waals surface area contributed by atoms with Gasteiger partial charge < -0.3 is 10.4 Å². The molecule has 0 unspecified atom stereocenters. The molecule has 0 aliphatic rings. The predicted molar refractivity (Wildman–Crippen MR) is 54.9 cm³/mol. The third kappa shape index (κ3) is 3.83. The molecule has 0 spiro atoms. The maximum Gasteiger partial charge on any atom is 0.282 e. The molecular formula is C11H14F3NO. The molecule has 1 rings (SSSR count). The van der Waals surface area contributed by atoms with Gasteiger partial charge in [-0.05, 0) is 24.1 Å². The zero-order chi connectivity index (χ0) is 12.2. The highest BCUT2D eigenvalue weighted by Gasteiger charge is 2.26. The Kier molecular flexibility index (Phi) is 4.32. The van der Waals surface area contributed by atoms with Crippen molar-refractivity contribution >= 4 is 0 Å². The second-order valence-electron chi connectivity index (χ2n) is 3.70. The Balaban J connectivity index is 2.46. The van der Waals surface area contributed by atoms with Crippen LogP contribution in [0.5, 0.6) is 0 Å². The van der Waals surface area contributed by atoms with Crippen molar-refractivity contribution in [1.29, 1.82) is 0 Å². The van der Waals surface area contributed by atoms with E-state index in [2.05, 4.69) is 5.32 Å². The lowest BCUT2D eigenvalue weighted by atomic mass is 10.1. The van der Waals surface area contributed by atoms with E-state index in [9.17, 15) is 13.2 Å². The molecule has 90 valence electrons. The Bertz CT molecular complexity index is 355. The molecule has 5 heteroatoms. The van der Waals surface area contributed by atoms with E-state index in [1.807, 2.05) is 0 Å². The molecule has 0 aliphatic carbocycles. The summed E-state index contributed by atoms with van der Waals surface area (Å²) in [5.41, 5.74) is 1.11. The van der Waals surface area contributed by atoms with Crippen molar-refractivity contribution in [1.82, 2.24) is 5.32 Å². The monoisotopic (exact) mass is 233 g/mol. The number of hydrogen-bond donors (Lipinski definition) is 2. The molecule has 0 heterocycles. The third-order valence-electron chi connectivity index (χ3n) is 2.18. The van der Waals surface area contributed by atoms with Crippen LogP contribution in [-0.4, -0.2) is 24.2 Å². The maximum absolute atomic E-state index is 13.1. The first-order valence-corrected chi connectivity index (χ1v) is 4.89. The molecular weight excluding hydrogens is 219 g/mol. The van der Waals surface area contributed by atoms with Gasteiger partial charge in [-0.2, -0.15) is 0 Å². The number of aliphatic hydroxyl groups excluding tert-OH is 1. The molecule has 2 nitrogen and oxygen atoms in total. The molecule has 0 aromatic heterocycles. The van der Waals surface area contributed by atoms with Crippen molar-refractivity contribution in [3.63, 3.8) is 0 Å². The lowest BCUT2D eigenvalue weighted by Crippen LogP contribution is -2.35. The van der Waals surface area contributed by atoms with Crippen LogP contribution in [0.15, 0.2) is 18.2 Å². The standard InChI is InChI=1S/C11H14F3NO/c1-8-2-3-9(4-10(8)12)5-15-6-11(13,14)7-16/h2-4,15-16H,5-7H2,1H3. The predicted octanol–water partition coefficient (Wildman–Crippen LogP) is 1.85. The van der Waals surface area contributed by atoms with Gasteiger partial charge in [0.1, 0.15) is 12.4 Å². The van der Waals surface area contributed by atoms with Gasteiger partial charge in [0.2, 0.25) is 0 Å². The van der Waals surface area contributed by atoms with E-state index in [1.54, 1.807) is 19.1 Å². The highest BCUT2D eigenvalue weighted by atomic mass is 19.3. The molecule has 0 saturated heterocycles. The Hall–Kier alpha value is -1.07. The number of hydrogen-bond acceptors (Lipinski definition) is 2. The van der Waals surface area contributed by atoms with Crippen molar-refractivity contribution in [2.24, 2.45) is 0 Å². The van der Waals surface area contributed by atoms with Gasteiger partial charge in [-0.1, -0.05) is 12.1 Å². The number of halogens is 3. The number of nitrogens with one attached hydrogen (secondary N) is 1. The normalized spacial score (nSPS) is 11.8. The summed E-state index contributed by atoms with van der Waals surface area (Å²) in [5.74, 6) is -3.49. The summed E-state index contributed by atoms with van der Waals surface area (Å²) in [6, 6.07) is 4.57. The zero-order valence-electron chi connectivity index (χ0n) is 8.93. The second-order valence-corrected chi connectivity index (χ2v) is 3.70. The number of alkyl halides is 2. The summed E-state index contributed by atoms with van der Waals surface area (Å²) in [4.78, 5) is 0. The zero-order valence-corrected chi connectivity index (χ0v) is 8.93. The fraction of sp³-hybridized carbons (Fsp3) is 0.455. The lowest BCUT2D eigenvalue weighted by Gasteiger charge is -2.14. The van der Waals surface area contributed by atoms with Gasteiger partial charge in [-0.25, -0.2) is 13.2 Å². The summed E-state index contributed by atoms with van der Waals surface area (Å²) in [5, 5.41) is 10.8. The second kappa shape index (κ2) is 5.32. The fourth-order valence-corrected chi connectivity index (χ4v) is 1.19. The Morgan fingerprint density at radius 3 is 2.62 bits per heavy atom. The van der Waals surface area contributed by atoms with Crippen molar-refractivity contribution < 1.29 is 18.3 Å². The minimum atomic E-state index is -3.14. The summed E-state index contributed by atoms with van der Waals surface area (Å²) in [7, 11) is 0. The van der Waals surface area contributed by atoms with Gasteiger partial charge in [-0.3, -0.25) is 0 Å². The maximum atomic E-state index is 13.1. The summed E-state index contributed by atoms with van der Waals surface area (Å²) >= 11 is 0. The SMILES string of the molecule is Cc1ccc(CNCC(F)(F)CO)cc1F. The van der Waals surface area contributed by atoms with E-state index in [0.717, 1.165) is 0 Å². The van der Waals surface area contributed by atoms with Crippen molar-refractivity contribution in [3.8, 4) is 0 Å². The van der Waals surface area contributed by atoms with Crippen LogP contribution in [0.4, 0.5) is 13.2 Å². The molecule has 16 heavy (non-hydrogen) atoms. The Morgan fingerprint density at radius 1 is 1.38 bits per heavy atom. The largest absolute Gasteiger partial charge is 0.390 e. The van der Waals surface area contributed by atoms with E-state index in [-0.39, 0.29) is 12.4 Å². The molecule has 0 saturated carbocycles. The number of aliphatic hydroxyl groups is 1. The Morgan fingerprint density at radius 2 is 2.06 bits per heavy atom. The molecule has 0 fully saturated rings. The van der Waals surface area contributed by atoms with E-state index in [4.69, 9.17) is 5.11 Å². The van der Waals surface area contributed by atoms with Crippen LogP contribution < -0.4 is 5.32 Å². The average molecular weight is 233 g/mol. The van der Waals surface area contributed by atoms with E-state index < -0.39 is 19.1 Å². The van der Waals surface area contributed by atoms with Gasteiger partial charge in [0.15, 0.2) is 0 Å². The van der Waals surface area contributed by atoms with Gasteiger partial charge in [0, 0.05) is 6.54 Å². The molecule has 0 bridgehead atoms. The fourth-order valence-electron chi connectivity index (χ4n) is 1.19. The average Bonchev–Trinajstić information content (AvgIpc) is 2.23. The topological polar surface area (TPSA) is 32.3 Å². The molecule has 1 aromatic carbocycles. The molecule has 0 atom stereocenters. The first-order valence-electron chi connectivity index (χ1n) is 4.89. The quantitative estimate of drug-likeness (QED) is 0.813. The van der Waals surface area contributed by atoms with Crippen LogP contribution >= 0.6 is 0 Å². The number of rotatable bonds is 5. The molecule has 1 aromatic rings. The van der Waals surface area contributed by atoms with Crippen LogP contribution in [0.1, 0.15) is 11.1 Å². The summed E-state index contributed by atoms with van der Waals surface area (Å²) in [6.45, 7) is -0.0412. The van der Waals surface area contributed by atoms with Crippen LogP contribution in [0.25, 0.3) is 0 Å². The van der Waals surface area contributed by atoms with Gasteiger partial charge in [0.05, 0.1) is 6.54 Å².